The zero-order valence-electron chi connectivity index (χ0n) is 19.6. The molecule has 2 aromatic rings. The van der Waals surface area contributed by atoms with Crippen LogP contribution in [0.15, 0.2) is 48.5 Å². The molecule has 180 valence electrons. The lowest BCUT2D eigenvalue weighted by atomic mass is 10.1. The molecule has 2 rings (SSSR count). The molecule has 0 spiro atoms. The van der Waals surface area contributed by atoms with Crippen LogP contribution in [-0.4, -0.2) is 62.7 Å². The third-order valence-corrected chi connectivity index (χ3v) is 6.91. The first-order valence-corrected chi connectivity index (χ1v) is 12.0. The number of carbonyl (C=O) groups excluding carboxylic acids is 2. The summed E-state index contributed by atoms with van der Waals surface area (Å²) in [5, 5.41) is 2.70. The maximum Gasteiger partial charge on any atom is 0.304 e. The second-order valence-electron chi connectivity index (χ2n) is 7.85. The molecule has 33 heavy (non-hydrogen) atoms. The molecule has 0 aliphatic heterocycles. The van der Waals surface area contributed by atoms with Crippen LogP contribution < -0.4 is 9.62 Å². The zero-order chi connectivity index (χ0) is 24.8. The van der Waals surface area contributed by atoms with Crippen molar-refractivity contribution in [3.05, 3.63) is 65.5 Å². The number of hydrogen-bond acceptors (Lipinski definition) is 4. The van der Waals surface area contributed by atoms with E-state index in [4.69, 9.17) is 0 Å². The Bertz CT molecular complexity index is 1070. The van der Waals surface area contributed by atoms with E-state index in [2.05, 4.69) is 5.32 Å². The third-order valence-electron chi connectivity index (χ3n) is 5.09. The largest absolute Gasteiger partial charge is 0.355 e. The van der Waals surface area contributed by atoms with Crippen LogP contribution in [0.25, 0.3) is 0 Å². The fourth-order valence-electron chi connectivity index (χ4n) is 3.24. The maximum atomic E-state index is 13.4. The van der Waals surface area contributed by atoms with Gasteiger partial charge in [-0.1, -0.05) is 29.8 Å². The van der Waals surface area contributed by atoms with E-state index < -0.39 is 34.5 Å². The van der Waals surface area contributed by atoms with Crippen LogP contribution in [0.2, 0.25) is 0 Å². The van der Waals surface area contributed by atoms with Crippen molar-refractivity contribution in [2.45, 2.75) is 33.4 Å². The van der Waals surface area contributed by atoms with Crippen LogP contribution in [0.1, 0.15) is 25.0 Å². The Morgan fingerprint density at radius 1 is 1.09 bits per heavy atom. The van der Waals surface area contributed by atoms with Gasteiger partial charge in [0.1, 0.15) is 18.4 Å². The Labute approximate surface area is 195 Å². The van der Waals surface area contributed by atoms with Crippen LogP contribution in [0.5, 0.6) is 0 Å². The average Bonchev–Trinajstić information content (AvgIpc) is 2.76. The second-order valence-corrected chi connectivity index (χ2v) is 9.92. The Kier molecular flexibility index (Phi) is 8.95. The lowest BCUT2D eigenvalue weighted by Gasteiger charge is -2.32. The van der Waals surface area contributed by atoms with Crippen molar-refractivity contribution in [1.82, 2.24) is 14.5 Å². The molecule has 0 aliphatic carbocycles. The van der Waals surface area contributed by atoms with Crippen LogP contribution >= 0.6 is 0 Å². The summed E-state index contributed by atoms with van der Waals surface area (Å²) in [4.78, 5) is 27.4. The first-order chi connectivity index (χ1) is 15.5. The van der Waals surface area contributed by atoms with Crippen molar-refractivity contribution in [1.29, 1.82) is 0 Å². The van der Waals surface area contributed by atoms with Crippen LogP contribution in [0.4, 0.5) is 10.1 Å². The smallest absolute Gasteiger partial charge is 0.304 e. The molecule has 2 aromatic carbocycles. The summed E-state index contributed by atoms with van der Waals surface area (Å²) >= 11 is 0. The zero-order valence-corrected chi connectivity index (χ0v) is 20.4. The van der Waals surface area contributed by atoms with Gasteiger partial charge in [0.05, 0.1) is 5.69 Å². The molecule has 0 saturated heterocycles. The van der Waals surface area contributed by atoms with Gasteiger partial charge in [0.15, 0.2) is 0 Å². The molecule has 1 atom stereocenters. The lowest BCUT2D eigenvalue weighted by Crippen LogP contribution is -2.52. The van der Waals surface area contributed by atoms with Gasteiger partial charge in [-0.3, -0.25) is 9.59 Å². The summed E-state index contributed by atoms with van der Waals surface area (Å²) in [6.07, 6.45) is 0. The normalized spacial score (nSPS) is 12.3. The van der Waals surface area contributed by atoms with Crippen LogP contribution in [0, 0.1) is 12.7 Å². The standard InChI is InChI=1S/C23H31FN4O4S/c1-6-25-23(30)18(3)27(15-19-9-7-8-17(2)14-19)22(29)16-28(33(31,32)26(4)5)21-12-10-20(24)11-13-21/h7-14,18H,6,15-16H2,1-5H3,(H,25,30)/t18-/m1/s1. The number of halogens is 1. The Morgan fingerprint density at radius 2 is 1.73 bits per heavy atom. The minimum absolute atomic E-state index is 0.123. The molecule has 0 aromatic heterocycles. The van der Waals surface area contributed by atoms with Gasteiger partial charge in [0.2, 0.25) is 11.8 Å². The molecule has 0 fully saturated rings. The van der Waals surface area contributed by atoms with Crippen LogP contribution in [-0.2, 0) is 26.3 Å². The number of rotatable bonds is 10. The second kappa shape index (κ2) is 11.2. The summed E-state index contributed by atoms with van der Waals surface area (Å²) < 4.78 is 41.3. The summed E-state index contributed by atoms with van der Waals surface area (Å²) in [7, 11) is -1.38. The summed E-state index contributed by atoms with van der Waals surface area (Å²) in [6, 6.07) is 11.5. The number of nitrogens with one attached hydrogen (secondary N) is 1. The molecule has 8 nitrogen and oxygen atoms in total. The van der Waals surface area contributed by atoms with E-state index >= 15 is 0 Å². The van der Waals surface area contributed by atoms with Gasteiger partial charge in [0.25, 0.3) is 0 Å². The fourth-order valence-corrected chi connectivity index (χ4v) is 4.29. The van der Waals surface area contributed by atoms with Gasteiger partial charge in [-0.05, 0) is 50.6 Å². The van der Waals surface area contributed by atoms with Crippen molar-refractivity contribution in [2.24, 2.45) is 0 Å². The highest BCUT2D eigenvalue weighted by Crippen LogP contribution is 2.21. The van der Waals surface area contributed by atoms with E-state index in [1.54, 1.807) is 13.8 Å². The van der Waals surface area contributed by atoms with Gasteiger partial charge in [-0.25, -0.2) is 8.70 Å². The van der Waals surface area contributed by atoms with E-state index in [0.717, 1.165) is 31.9 Å². The molecule has 0 saturated carbocycles. The predicted molar refractivity (Wildman–Crippen MR) is 126 cm³/mol. The first-order valence-electron chi connectivity index (χ1n) is 10.6. The molecular formula is C23H31FN4O4S. The molecule has 2 amide bonds. The van der Waals surface area contributed by atoms with Crippen molar-refractivity contribution in [2.75, 3.05) is 31.5 Å². The Hall–Kier alpha value is -2.98. The first kappa shape index (κ1) is 26.3. The van der Waals surface area contributed by atoms with Gasteiger partial charge >= 0.3 is 10.2 Å². The predicted octanol–water partition coefficient (Wildman–Crippen LogP) is 2.30. The van der Waals surface area contributed by atoms with E-state index in [1.165, 1.54) is 31.1 Å². The minimum Gasteiger partial charge on any atom is -0.355 e. The number of carbonyl (C=O) groups is 2. The molecule has 1 N–H and O–H groups in total. The quantitative estimate of drug-likeness (QED) is 0.568. The van der Waals surface area contributed by atoms with E-state index in [0.29, 0.717) is 6.54 Å². The molecule has 0 aliphatic rings. The highest BCUT2D eigenvalue weighted by atomic mass is 32.2. The van der Waals surface area contributed by atoms with Crippen LogP contribution in [0.3, 0.4) is 0 Å². The number of amides is 2. The number of aryl methyl sites for hydroxylation is 1. The highest BCUT2D eigenvalue weighted by Gasteiger charge is 2.32. The maximum absolute atomic E-state index is 13.4. The monoisotopic (exact) mass is 478 g/mol. The molecule has 0 heterocycles. The summed E-state index contributed by atoms with van der Waals surface area (Å²) in [5.41, 5.74) is 1.94. The highest BCUT2D eigenvalue weighted by molar-refractivity contribution is 7.90. The molecular weight excluding hydrogens is 447 g/mol. The number of benzene rings is 2. The van der Waals surface area contributed by atoms with E-state index in [-0.39, 0.29) is 18.1 Å². The number of anilines is 1. The minimum atomic E-state index is -4.07. The number of hydrogen-bond donors (Lipinski definition) is 1. The number of nitrogens with zero attached hydrogens (tertiary/aromatic N) is 3. The van der Waals surface area contributed by atoms with Crippen molar-refractivity contribution >= 4 is 27.7 Å². The summed E-state index contributed by atoms with van der Waals surface area (Å²) in [5.74, 6) is -1.44. The fraction of sp³-hybridized carbons (Fsp3) is 0.391. The Morgan fingerprint density at radius 3 is 2.27 bits per heavy atom. The topological polar surface area (TPSA) is 90.0 Å². The van der Waals surface area contributed by atoms with Crippen molar-refractivity contribution < 1.29 is 22.4 Å². The van der Waals surface area contributed by atoms with E-state index in [9.17, 15) is 22.4 Å². The van der Waals surface area contributed by atoms with Gasteiger partial charge in [0, 0.05) is 27.2 Å². The Balaban J connectivity index is 2.44. The lowest BCUT2D eigenvalue weighted by molar-refractivity contribution is -0.139. The molecule has 0 unspecified atom stereocenters. The molecule has 0 radical (unpaired) electrons. The summed E-state index contributed by atoms with van der Waals surface area (Å²) in [6.45, 7) is 5.26. The average molecular weight is 479 g/mol. The molecule has 10 heteroatoms. The molecule has 0 bridgehead atoms. The van der Waals surface area contributed by atoms with E-state index in [1.807, 2.05) is 31.2 Å². The van der Waals surface area contributed by atoms with Crippen molar-refractivity contribution in [3.8, 4) is 0 Å². The van der Waals surface area contributed by atoms with Gasteiger partial charge < -0.3 is 10.2 Å². The van der Waals surface area contributed by atoms with Gasteiger partial charge in [-0.15, -0.1) is 0 Å². The SMILES string of the molecule is CCNC(=O)[C@@H](C)N(Cc1cccc(C)c1)C(=O)CN(c1ccc(F)cc1)S(=O)(=O)N(C)C. The number of likely N-dealkylation sites (N-methyl/N-ethyl adjacent to an activating group) is 1. The van der Waals surface area contributed by atoms with Gasteiger partial charge in [-0.2, -0.15) is 12.7 Å². The van der Waals surface area contributed by atoms with Crippen molar-refractivity contribution in [3.63, 3.8) is 0 Å². The third kappa shape index (κ3) is 6.75.